The average molecular weight is 181 g/mol. The summed E-state index contributed by atoms with van der Waals surface area (Å²) in [4.78, 5) is 0. The second-order valence-corrected chi connectivity index (χ2v) is 3.20. The Morgan fingerprint density at radius 2 is 2.08 bits per heavy atom. The Labute approximate surface area is 77.8 Å². The van der Waals surface area contributed by atoms with E-state index in [1.165, 1.54) is 0 Å². The summed E-state index contributed by atoms with van der Waals surface area (Å²) in [5, 5.41) is 18.8. The molecule has 0 heterocycles. The molecule has 0 spiro atoms. The highest BCUT2D eigenvalue weighted by atomic mass is 16.3. The van der Waals surface area contributed by atoms with Gasteiger partial charge in [-0.2, -0.15) is 0 Å². The number of benzene rings is 1. The minimum atomic E-state index is -0.573. The van der Waals surface area contributed by atoms with Crippen LogP contribution in [0.3, 0.4) is 0 Å². The molecule has 0 aromatic heterocycles. The number of aliphatic hydroxyl groups excluding tert-OH is 1. The van der Waals surface area contributed by atoms with Gasteiger partial charge in [-0.15, -0.1) is 0 Å². The van der Waals surface area contributed by atoms with Gasteiger partial charge in [-0.05, 0) is 43.1 Å². The Kier molecular flexibility index (Phi) is 3.28. The molecule has 1 unspecified atom stereocenters. The second kappa shape index (κ2) is 4.25. The lowest BCUT2D eigenvalue weighted by Crippen LogP contribution is -2.06. The summed E-state index contributed by atoms with van der Waals surface area (Å²) in [6.07, 6.45) is -0.0566. The maximum absolute atomic E-state index is 9.58. The molecule has 1 atom stereocenters. The average Bonchev–Trinajstić information content (AvgIpc) is 2.03. The lowest BCUT2D eigenvalue weighted by molar-refractivity contribution is 0.170. The summed E-state index contributed by atoms with van der Waals surface area (Å²) in [6, 6.07) is 5.06. The molecule has 13 heavy (non-hydrogen) atoms. The molecule has 0 amide bonds. The molecule has 0 fully saturated rings. The van der Waals surface area contributed by atoms with Crippen molar-refractivity contribution >= 4 is 0 Å². The summed E-state index contributed by atoms with van der Waals surface area (Å²) in [7, 11) is 0. The highest BCUT2D eigenvalue weighted by Gasteiger charge is 2.07. The number of aliphatic hydroxyl groups is 1. The largest absolute Gasteiger partial charge is 0.508 e. The van der Waals surface area contributed by atoms with Crippen molar-refractivity contribution in [3.8, 4) is 5.75 Å². The number of phenolic OH excluding ortho intramolecular Hbond substituents is 1. The van der Waals surface area contributed by atoms with Gasteiger partial charge in [0.25, 0.3) is 0 Å². The van der Waals surface area contributed by atoms with Gasteiger partial charge < -0.3 is 15.9 Å². The quantitative estimate of drug-likeness (QED) is 0.653. The molecule has 1 aromatic rings. The molecule has 1 rings (SSSR count). The van der Waals surface area contributed by atoms with Crippen LogP contribution in [0.15, 0.2) is 18.2 Å². The van der Waals surface area contributed by atoms with Crippen LogP contribution in [0.4, 0.5) is 0 Å². The Morgan fingerprint density at radius 3 is 2.62 bits per heavy atom. The fourth-order valence-corrected chi connectivity index (χ4v) is 1.31. The van der Waals surface area contributed by atoms with Gasteiger partial charge in [0.05, 0.1) is 6.10 Å². The standard InChI is InChI=1S/C10H15NO2/c1-7-4-8(6-9(12)5-7)10(13)2-3-11/h4-6,10,12-13H,2-3,11H2,1H3. The third kappa shape index (κ3) is 2.72. The van der Waals surface area contributed by atoms with E-state index in [9.17, 15) is 10.2 Å². The first-order chi connectivity index (χ1) is 6.13. The van der Waals surface area contributed by atoms with E-state index >= 15 is 0 Å². The molecule has 1 aromatic carbocycles. The maximum Gasteiger partial charge on any atom is 0.116 e. The third-order valence-electron chi connectivity index (χ3n) is 1.91. The highest BCUT2D eigenvalue weighted by molar-refractivity contribution is 5.33. The van der Waals surface area contributed by atoms with E-state index in [1.807, 2.05) is 13.0 Å². The molecule has 0 radical (unpaired) electrons. The third-order valence-corrected chi connectivity index (χ3v) is 1.91. The lowest BCUT2D eigenvalue weighted by Gasteiger charge is -2.10. The van der Waals surface area contributed by atoms with E-state index in [1.54, 1.807) is 12.1 Å². The van der Waals surface area contributed by atoms with Crippen molar-refractivity contribution < 1.29 is 10.2 Å². The van der Waals surface area contributed by atoms with E-state index in [0.717, 1.165) is 11.1 Å². The van der Waals surface area contributed by atoms with Crippen LogP contribution < -0.4 is 5.73 Å². The Bertz CT molecular complexity index is 266. The van der Waals surface area contributed by atoms with Crippen molar-refractivity contribution in [1.82, 2.24) is 0 Å². The topological polar surface area (TPSA) is 66.5 Å². The second-order valence-electron chi connectivity index (χ2n) is 3.20. The fraction of sp³-hybridized carbons (Fsp3) is 0.400. The van der Waals surface area contributed by atoms with Gasteiger partial charge in [0, 0.05) is 0 Å². The summed E-state index contributed by atoms with van der Waals surface area (Å²) >= 11 is 0. The van der Waals surface area contributed by atoms with Crippen molar-refractivity contribution in [1.29, 1.82) is 0 Å². The molecule has 4 N–H and O–H groups in total. The first-order valence-electron chi connectivity index (χ1n) is 4.32. The van der Waals surface area contributed by atoms with Crippen LogP contribution in [-0.2, 0) is 0 Å². The van der Waals surface area contributed by atoms with Crippen LogP contribution >= 0.6 is 0 Å². The Balaban J connectivity index is 2.87. The van der Waals surface area contributed by atoms with Gasteiger partial charge >= 0.3 is 0 Å². The molecule has 0 aliphatic rings. The van der Waals surface area contributed by atoms with Gasteiger partial charge in [0.15, 0.2) is 0 Å². The lowest BCUT2D eigenvalue weighted by atomic mass is 10.0. The van der Waals surface area contributed by atoms with E-state index < -0.39 is 6.10 Å². The van der Waals surface area contributed by atoms with E-state index in [2.05, 4.69) is 0 Å². The number of hydrogen-bond donors (Lipinski definition) is 3. The molecule has 3 heteroatoms. The number of nitrogens with two attached hydrogens (primary N) is 1. The van der Waals surface area contributed by atoms with Crippen LogP contribution in [-0.4, -0.2) is 16.8 Å². The van der Waals surface area contributed by atoms with Crippen LogP contribution in [0.1, 0.15) is 23.7 Å². The molecule has 0 saturated heterocycles. The van der Waals surface area contributed by atoms with Crippen LogP contribution in [0, 0.1) is 6.92 Å². The van der Waals surface area contributed by atoms with Crippen molar-refractivity contribution in [2.75, 3.05) is 6.54 Å². The van der Waals surface area contributed by atoms with E-state index in [0.29, 0.717) is 13.0 Å². The molecule has 0 saturated carbocycles. The van der Waals surface area contributed by atoms with Gasteiger partial charge in [0.1, 0.15) is 5.75 Å². The molecular weight excluding hydrogens is 166 g/mol. The van der Waals surface area contributed by atoms with Crippen LogP contribution in [0.25, 0.3) is 0 Å². The first-order valence-corrected chi connectivity index (χ1v) is 4.32. The molecule has 3 nitrogen and oxygen atoms in total. The zero-order valence-corrected chi connectivity index (χ0v) is 7.70. The summed E-state index contributed by atoms with van der Waals surface area (Å²) < 4.78 is 0. The number of aryl methyl sites for hydroxylation is 1. The van der Waals surface area contributed by atoms with Crippen molar-refractivity contribution in [3.63, 3.8) is 0 Å². The predicted octanol–water partition coefficient (Wildman–Crippen LogP) is 1.08. The van der Waals surface area contributed by atoms with Crippen molar-refractivity contribution in [3.05, 3.63) is 29.3 Å². The fourth-order valence-electron chi connectivity index (χ4n) is 1.31. The van der Waals surface area contributed by atoms with Crippen molar-refractivity contribution in [2.45, 2.75) is 19.4 Å². The summed E-state index contributed by atoms with van der Waals surface area (Å²) in [5.41, 5.74) is 6.98. The zero-order valence-electron chi connectivity index (χ0n) is 7.70. The smallest absolute Gasteiger partial charge is 0.116 e. The van der Waals surface area contributed by atoms with Gasteiger partial charge in [-0.3, -0.25) is 0 Å². The van der Waals surface area contributed by atoms with Gasteiger partial charge in [-0.25, -0.2) is 0 Å². The highest BCUT2D eigenvalue weighted by Crippen LogP contribution is 2.22. The monoisotopic (exact) mass is 181 g/mol. The number of hydrogen-bond acceptors (Lipinski definition) is 3. The molecular formula is C10H15NO2. The Morgan fingerprint density at radius 1 is 1.38 bits per heavy atom. The van der Waals surface area contributed by atoms with Gasteiger partial charge in [0.2, 0.25) is 0 Å². The number of rotatable bonds is 3. The zero-order chi connectivity index (χ0) is 9.84. The number of aromatic hydroxyl groups is 1. The number of phenols is 1. The molecule has 0 aliphatic heterocycles. The summed E-state index contributed by atoms with van der Waals surface area (Å²) in [5.74, 6) is 0.186. The van der Waals surface area contributed by atoms with E-state index in [4.69, 9.17) is 5.73 Å². The normalized spacial score (nSPS) is 12.8. The van der Waals surface area contributed by atoms with Gasteiger partial charge in [-0.1, -0.05) is 6.07 Å². The SMILES string of the molecule is Cc1cc(O)cc(C(O)CCN)c1. The maximum atomic E-state index is 9.58. The minimum Gasteiger partial charge on any atom is -0.508 e. The molecule has 0 bridgehead atoms. The van der Waals surface area contributed by atoms with Crippen LogP contribution in [0.2, 0.25) is 0 Å². The predicted molar refractivity (Wildman–Crippen MR) is 51.5 cm³/mol. The Hall–Kier alpha value is -1.06. The molecule has 72 valence electrons. The summed E-state index contributed by atoms with van der Waals surface area (Å²) in [6.45, 7) is 2.31. The van der Waals surface area contributed by atoms with Crippen molar-refractivity contribution in [2.24, 2.45) is 5.73 Å². The van der Waals surface area contributed by atoms with E-state index in [-0.39, 0.29) is 5.75 Å². The minimum absolute atomic E-state index is 0.186. The van der Waals surface area contributed by atoms with Crippen LogP contribution in [0.5, 0.6) is 5.75 Å². The first kappa shape index (κ1) is 10.0. The molecule has 0 aliphatic carbocycles.